The summed E-state index contributed by atoms with van der Waals surface area (Å²) < 4.78 is 21.2. The van der Waals surface area contributed by atoms with Crippen LogP contribution in [0.5, 0.6) is 23.0 Å². The van der Waals surface area contributed by atoms with Gasteiger partial charge in [0, 0.05) is 12.4 Å². The fraction of sp³-hybridized carbons (Fsp3) is 0.0698. The summed E-state index contributed by atoms with van der Waals surface area (Å²) in [6.45, 7) is 0. The lowest BCUT2D eigenvalue weighted by molar-refractivity contribution is 0.0725. The van der Waals surface area contributed by atoms with Crippen LogP contribution in [-0.2, 0) is 6.42 Å². The molecule has 0 N–H and O–H groups in total. The van der Waals surface area contributed by atoms with Crippen LogP contribution >= 0.6 is 0 Å². The van der Waals surface area contributed by atoms with Crippen LogP contribution in [0.3, 0.4) is 0 Å². The Morgan fingerprint density at radius 3 is 1.12 bits per heavy atom. The van der Waals surface area contributed by atoms with E-state index < -0.39 is 11.9 Å². The Kier molecular flexibility index (Phi) is 11.1. The maximum absolute atomic E-state index is 12.4. The predicted molar refractivity (Wildman–Crippen MR) is 199 cm³/mol. The Balaban J connectivity index is 0.963. The maximum Gasteiger partial charge on any atom is 0.343 e. The summed E-state index contributed by atoms with van der Waals surface area (Å²) in [4.78, 5) is 34.0. The summed E-state index contributed by atoms with van der Waals surface area (Å²) in [5.74, 6) is 1.39. The minimum atomic E-state index is -0.434. The third kappa shape index (κ3) is 9.64. The minimum Gasteiger partial charge on any atom is -0.497 e. The van der Waals surface area contributed by atoms with Crippen LogP contribution in [0.15, 0.2) is 156 Å². The highest BCUT2D eigenvalue weighted by atomic mass is 16.5. The Morgan fingerprint density at radius 1 is 0.451 bits per heavy atom. The van der Waals surface area contributed by atoms with Crippen molar-refractivity contribution < 1.29 is 28.5 Å². The first kappa shape index (κ1) is 34.1. The van der Waals surface area contributed by atoms with Crippen molar-refractivity contribution in [3.63, 3.8) is 0 Å². The zero-order chi connectivity index (χ0) is 35.4. The monoisotopic (exact) mass is 674 g/mol. The maximum atomic E-state index is 12.4. The smallest absolute Gasteiger partial charge is 0.343 e. The number of carbonyl (C=O) groups is 2. The van der Waals surface area contributed by atoms with Gasteiger partial charge in [0.15, 0.2) is 0 Å². The van der Waals surface area contributed by atoms with E-state index in [-0.39, 0.29) is 0 Å². The molecule has 0 fully saturated rings. The quantitative estimate of drug-likeness (QED) is 0.0730. The molecule has 8 nitrogen and oxygen atoms in total. The number of hydrogen-bond acceptors (Lipinski definition) is 8. The van der Waals surface area contributed by atoms with Crippen LogP contribution in [0.4, 0.5) is 11.4 Å². The largest absolute Gasteiger partial charge is 0.497 e. The van der Waals surface area contributed by atoms with Gasteiger partial charge in [-0.15, -0.1) is 0 Å². The van der Waals surface area contributed by atoms with Crippen molar-refractivity contribution in [2.24, 2.45) is 9.98 Å². The Morgan fingerprint density at radius 2 is 0.784 bits per heavy atom. The van der Waals surface area contributed by atoms with E-state index >= 15 is 0 Å². The highest BCUT2D eigenvalue weighted by Crippen LogP contribution is 2.21. The second-order valence-electron chi connectivity index (χ2n) is 11.4. The van der Waals surface area contributed by atoms with Gasteiger partial charge in [0.25, 0.3) is 0 Å². The molecule has 0 atom stereocenters. The van der Waals surface area contributed by atoms with Crippen molar-refractivity contribution in [1.29, 1.82) is 0 Å². The van der Waals surface area contributed by atoms with Crippen LogP contribution in [0.25, 0.3) is 0 Å². The number of rotatable bonds is 12. The van der Waals surface area contributed by atoms with E-state index in [1.807, 2.05) is 48.5 Å². The van der Waals surface area contributed by atoms with Crippen molar-refractivity contribution in [1.82, 2.24) is 0 Å². The Labute approximate surface area is 296 Å². The number of methoxy groups -OCH3 is 2. The van der Waals surface area contributed by atoms with Crippen molar-refractivity contribution in [2.75, 3.05) is 14.2 Å². The molecule has 51 heavy (non-hydrogen) atoms. The van der Waals surface area contributed by atoms with Crippen molar-refractivity contribution in [2.45, 2.75) is 6.42 Å². The lowest BCUT2D eigenvalue weighted by atomic mass is 10.0. The van der Waals surface area contributed by atoms with Gasteiger partial charge in [0.1, 0.15) is 23.0 Å². The second kappa shape index (κ2) is 16.5. The first-order chi connectivity index (χ1) is 24.9. The molecular weight excluding hydrogens is 640 g/mol. The fourth-order valence-electron chi connectivity index (χ4n) is 4.96. The molecule has 0 aliphatic heterocycles. The molecule has 0 saturated carbocycles. The van der Waals surface area contributed by atoms with E-state index in [2.05, 4.69) is 34.3 Å². The average Bonchev–Trinajstić information content (AvgIpc) is 3.18. The third-order valence-corrected chi connectivity index (χ3v) is 7.84. The minimum absolute atomic E-state index is 0.434. The summed E-state index contributed by atoms with van der Waals surface area (Å²) in [5, 5.41) is 0. The van der Waals surface area contributed by atoms with Crippen LogP contribution in [0.2, 0.25) is 0 Å². The molecule has 8 heteroatoms. The van der Waals surface area contributed by atoms with Gasteiger partial charge in [-0.2, -0.15) is 0 Å². The van der Waals surface area contributed by atoms with Crippen LogP contribution < -0.4 is 18.9 Å². The summed E-state index contributed by atoms with van der Waals surface area (Å²) in [6, 6.07) is 44.1. The van der Waals surface area contributed by atoms with Crippen LogP contribution in [-0.4, -0.2) is 38.6 Å². The number of hydrogen-bond donors (Lipinski definition) is 0. The number of benzene rings is 6. The van der Waals surface area contributed by atoms with Crippen molar-refractivity contribution >= 4 is 35.7 Å². The van der Waals surface area contributed by atoms with Crippen LogP contribution in [0, 0.1) is 0 Å². The van der Waals surface area contributed by atoms with E-state index in [9.17, 15) is 9.59 Å². The summed E-state index contributed by atoms with van der Waals surface area (Å²) in [5.41, 5.74) is 6.66. The zero-order valence-electron chi connectivity index (χ0n) is 28.1. The number of ether oxygens (including phenoxy) is 4. The van der Waals surface area contributed by atoms with E-state index in [0.717, 1.165) is 28.9 Å². The third-order valence-electron chi connectivity index (χ3n) is 7.84. The highest BCUT2D eigenvalue weighted by Gasteiger charge is 2.10. The molecule has 0 unspecified atom stereocenters. The number of esters is 2. The predicted octanol–water partition coefficient (Wildman–Crippen LogP) is 9.23. The molecule has 6 aromatic rings. The van der Waals surface area contributed by atoms with E-state index in [1.165, 1.54) is 11.1 Å². The molecule has 0 aliphatic carbocycles. The normalized spacial score (nSPS) is 11.0. The summed E-state index contributed by atoms with van der Waals surface area (Å²) >= 11 is 0. The first-order valence-corrected chi connectivity index (χ1v) is 16.1. The molecule has 0 saturated heterocycles. The molecule has 6 rings (SSSR count). The van der Waals surface area contributed by atoms with Gasteiger partial charge in [-0.05, 0) is 150 Å². The van der Waals surface area contributed by atoms with Gasteiger partial charge in [0.2, 0.25) is 0 Å². The number of nitrogens with zero attached hydrogens (tertiary/aromatic N) is 2. The highest BCUT2D eigenvalue weighted by molar-refractivity contribution is 5.92. The van der Waals surface area contributed by atoms with Gasteiger partial charge in [-0.3, -0.25) is 9.98 Å². The molecule has 0 heterocycles. The van der Waals surface area contributed by atoms with Gasteiger partial charge < -0.3 is 18.9 Å². The van der Waals surface area contributed by atoms with Crippen molar-refractivity contribution in [3.8, 4) is 23.0 Å². The fourth-order valence-corrected chi connectivity index (χ4v) is 4.96. The van der Waals surface area contributed by atoms with Gasteiger partial charge in [-0.25, -0.2) is 9.59 Å². The second-order valence-corrected chi connectivity index (χ2v) is 11.4. The topological polar surface area (TPSA) is 95.8 Å². The average molecular weight is 675 g/mol. The van der Waals surface area contributed by atoms with Gasteiger partial charge in [0.05, 0.1) is 36.7 Å². The molecule has 0 bridgehead atoms. The van der Waals surface area contributed by atoms with E-state index in [1.54, 1.807) is 99.4 Å². The number of carbonyl (C=O) groups excluding carboxylic acids is 2. The molecule has 0 spiro atoms. The molecular formula is C43H34N2O6. The molecule has 0 amide bonds. The molecule has 0 aliphatic rings. The summed E-state index contributed by atoms with van der Waals surface area (Å²) in [6.07, 6.45) is 4.33. The van der Waals surface area contributed by atoms with Crippen LogP contribution in [0.1, 0.15) is 43.0 Å². The number of aliphatic imine (C=N–C) groups is 2. The lowest BCUT2D eigenvalue weighted by Gasteiger charge is -2.06. The van der Waals surface area contributed by atoms with Crippen molar-refractivity contribution in [3.05, 3.63) is 179 Å². The first-order valence-electron chi connectivity index (χ1n) is 16.1. The molecule has 0 radical (unpaired) electrons. The van der Waals surface area contributed by atoms with Gasteiger partial charge in [-0.1, -0.05) is 24.3 Å². The lowest BCUT2D eigenvalue weighted by Crippen LogP contribution is -2.08. The summed E-state index contributed by atoms with van der Waals surface area (Å²) in [7, 11) is 3.15. The Bertz CT molecular complexity index is 1960. The van der Waals surface area contributed by atoms with Gasteiger partial charge >= 0.3 is 11.9 Å². The molecule has 252 valence electrons. The SMILES string of the molecule is COc1ccc(C(=O)Oc2ccc(C=Nc3ccc(Cc4ccc(N=Cc5ccc(OC(=O)c6ccc(OC)cc6)cc5)cc4)cc3)cc2)cc1. The standard InChI is InChI=1S/C43H34N2O6/c1-48-38-23-11-34(12-24-38)42(46)50-40-19-7-32(8-20-40)28-44-36-15-3-30(4-16-36)27-31-5-17-37(18-6-31)45-29-33-9-21-41(22-10-33)51-43(47)35-13-25-39(49-2)26-14-35/h3-26,28-29H,27H2,1-2H3. The zero-order valence-corrected chi connectivity index (χ0v) is 28.1. The van der Waals surface area contributed by atoms with E-state index in [0.29, 0.717) is 34.1 Å². The molecule has 6 aromatic carbocycles. The molecule has 0 aromatic heterocycles. The van der Waals surface area contributed by atoms with E-state index in [4.69, 9.17) is 18.9 Å². The Hall–Kier alpha value is -6.80.